The van der Waals surface area contributed by atoms with Crippen molar-refractivity contribution in [2.24, 2.45) is 5.73 Å². The van der Waals surface area contributed by atoms with Crippen molar-refractivity contribution >= 4 is 29.8 Å². The Morgan fingerprint density at radius 3 is 2.56 bits per heavy atom. The highest BCUT2D eigenvalue weighted by Gasteiger charge is 2.32. The van der Waals surface area contributed by atoms with Gasteiger partial charge in [0, 0.05) is 25.3 Å². The summed E-state index contributed by atoms with van der Waals surface area (Å²) in [4.78, 5) is 5.58. The Bertz CT molecular complexity index is 425. The van der Waals surface area contributed by atoms with Gasteiger partial charge in [0.15, 0.2) is 0 Å². The van der Waals surface area contributed by atoms with Crippen molar-refractivity contribution in [1.82, 2.24) is 4.98 Å². The molecule has 2 rings (SSSR count). The van der Waals surface area contributed by atoms with E-state index in [0.29, 0.717) is 18.9 Å². The highest BCUT2D eigenvalue weighted by molar-refractivity contribution is 6.33. The third kappa shape index (κ3) is 3.18. The summed E-state index contributed by atoms with van der Waals surface area (Å²) >= 11 is 5.82. The van der Waals surface area contributed by atoms with Crippen molar-refractivity contribution in [3.63, 3.8) is 0 Å². The summed E-state index contributed by atoms with van der Waals surface area (Å²) in [6.07, 6.45) is -2.83. The first-order chi connectivity index (χ1) is 7.88. The van der Waals surface area contributed by atoms with Gasteiger partial charge < -0.3 is 10.6 Å². The molecule has 0 radical (unpaired) electrons. The molecule has 1 fully saturated rings. The maximum atomic E-state index is 12.4. The minimum Gasteiger partial charge on any atom is -0.354 e. The number of nitrogens with zero attached hydrogens (tertiary/aromatic N) is 2. The first-order valence-corrected chi connectivity index (χ1v) is 5.49. The van der Waals surface area contributed by atoms with Gasteiger partial charge in [-0.2, -0.15) is 13.2 Å². The van der Waals surface area contributed by atoms with E-state index in [2.05, 4.69) is 4.98 Å². The maximum Gasteiger partial charge on any atom is 0.417 e. The fourth-order valence-corrected chi connectivity index (χ4v) is 2.08. The molecule has 2 N–H and O–H groups in total. The number of pyridine rings is 1. The monoisotopic (exact) mass is 301 g/mol. The zero-order valence-corrected chi connectivity index (χ0v) is 10.8. The van der Waals surface area contributed by atoms with Gasteiger partial charge in [0.25, 0.3) is 0 Å². The molecule has 0 aromatic carbocycles. The minimum atomic E-state index is -4.42. The van der Waals surface area contributed by atoms with Crippen molar-refractivity contribution in [2.45, 2.75) is 18.6 Å². The summed E-state index contributed by atoms with van der Waals surface area (Å²) in [7, 11) is 0. The van der Waals surface area contributed by atoms with Crippen molar-refractivity contribution < 1.29 is 13.2 Å². The zero-order valence-electron chi connectivity index (χ0n) is 9.25. The van der Waals surface area contributed by atoms with Crippen LogP contribution in [0.4, 0.5) is 19.0 Å². The summed E-state index contributed by atoms with van der Waals surface area (Å²) in [5.41, 5.74) is 4.88. The van der Waals surface area contributed by atoms with Crippen LogP contribution in [0.3, 0.4) is 0 Å². The average molecular weight is 302 g/mol. The molecular formula is C10H12Cl2F3N3. The number of alkyl halides is 3. The predicted octanol–water partition coefficient (Wildman–Crippen LogP) is 2.71. The van der Waals surface area contributed by atoms with E-state index < -0.39 is 11.7 Å². The third-order valence-corrected chi connectivity index (χ3v) is 2.95. The Labute approximate surface area is 114 Å². The topological polar surface area (TPSA) is 42.1 Å². The standard InChI is InChI=1S/C10H11ClF3N3.ClH/c11-8-3-6(10(12,13)14)4-16-9(8)17-2-1-7(15)5-17;/h3-4,7H,1-2,5,15H2;1H/t7-;/m1./s1. The molecule has 0 spiro atoms. The van der Waals surface area contributed by atoms with E-state index >= 15 is 0 Å². The molecular weight excluding hydrogens is 290 g/mol. The number of nitrogens with two attached hydrogens (primary N) is 1. The lowest BCUT2D eigenvalue weighted by Crippen LogP contribution is -2.27. The number of halogens is 5. The molecule has 1 atom stereocenters. The molecule has 0 unspecified atom stereocenters. The van der Waals surface area contributed by atoms with E-state index in [-0.39, 0.29) is 23.5 Å². The highest BCUT2D eigenvalue weighted by Crippen LogP contribution is 2.34. The molecule has 0 saturated carbocycles. The van der Waals surface area contributed by atoms with Gasteiger partial charge in [-0.05, 0) is 12.5 Å². The summed E-state index contributed by atoms with van der Waals surface area (Å²) in [6, 6.07) is 0.920. The molecule has 1 aromatic rings. The largest absolute Gasteiger partial charge is 0.417 e. The van der Waals surface area contributed by atoms with Crippen LogP contribution in [-0.4, -0.2) is 24.1 Å². The zero-order chi connectivity index (χ0) is 12.6. The fourth-order valence-electron chi connectivity index (χ4n) is 1.80. The van der Waals surface area contributed by atoms with E-state index in [9.17, 15) is 13.2 Å². The van der Waals surface area contributed by atoms with Crippen LogP contribution in [0.1, 0.15) is 12.0 Å². The summed E-state index contributed by atoms with van der Waals surface area (Å²) in [6.45, 7) is 1.23. The first-order valence-electron chi connectivity index (χ1n) is 5.11. The van der Waals surface area contributed by atoms with E-state index in [0.717, 1.165) is 18.7 Å². The summed E-state index contributed by atoms with van der Waals surface area (Å²) in [5.74, 6) is 0.368. The fraction of sp³-hybridized carbons (Fsp3) is 0.500. The molecule has 3 nitrogen and oxygen atoms in total. The van der Waals surface area contributed by atoms with Crippen LogP contribution in [0, 0.1) is 0 Å². The molecule has 102 valence electrons. The SMILES string of the molecule is Cl.N[C@@H]1CCN(c2ncc(C(F)(F)F)cc2Cl)C1. The second kappa shape index (κ2) is 5.50. The Kier molecular flexibility index (Phi) is 4.69. The lowest BCUT2D eigenvalue weighted by Gasteiger charge is -2.19. The molecule has 1 saturated heterocycles. The van der Waals surface area contributed by atoms with Crippen LogP contribution < -0.4 is 10.6 Å². The van der Waals surface area contributed by atoms with Gasteiger partial charge in [0.1, 0.15) is 5.82 Å². The summed E-state index contributed by atoms with van der Waals surface area (Å²) < 4.78 is 37.2. The molecule has 18 heavy (non-hydrogen) atoms. The van der Waals surface area contributed by atoms with E-state index in [1.54, 1.807) is 4.90 Å². The van der Waals surface area contributed by atoms with Gasteiger partial charge in [-0.3, -0.25) is 0 Å². The van der Waals surface area contributed by atoms with Gasteiger partial charge in [0.2, 0.25) is 0 Å². The van der Waals surface area contributed by atoms with E-state index in [1.165, 1.54) is 0 Å². The van der Waals surface area contributed by atoms with Gasteiger partial charge in [0.05, 0.1) is 10.6 Å². The first kappa shape index (κ1) is 15.3. The van der Waals surface area contributed by atoms with Gasteiger partial charge in [-0.1, -0.05) is 11.6 Å². The van der Waals surface area contributed by atoms with Crippen molar-refractivity contribution in [3.05, 3.63) is 22.8 Å². The Morgan fingerprint density at radius 2 is 2.11 bits per heavy atom. The molecule has 1 aromatic heterocycles. The normalized spacial score (nSPS) is 19.8. The average Bonchev–Trinajstić information content (AvgIpc) is 2.63. The number of rotatable bonds is 1. The van der Waals surface area contributed by atoms with Crippen molar-refractivity contribution in [2.75, 3.05) is 18.0 Å². The molecule has 1 aliphatic heterocycles. The number of aromatic nitrogens is 1. The molecule has 0 bridgehead atoms. The lowest BCUT2D eigenvalue weighted by molar-refractivity contribution is -0.137. The van der Waals surface area contributed by atoms with Gasteiger partial charge in [-0.15, -0.1) is 12.4 Å². The maximum absolute atomic E-state index is 12.4. The molecule has 0 aliphatic carbocycles. The molecule has 0 amide bonds. The second-order valence-corrected chi connectivity index (χ2v) is 4.43. The van der Waals surface area contributed by atoms with Crippen molar-refractivity contribution in [3.8, 4) is 0 Å². The summed E-state index contributed by atoms with van der Waals surface area (Å²) in [5, 5.41) is 0.00826. The predicted molar refractivity (Wildman–Crippen MR) is 66.3 cm³/mol. The molecule has 8 heteroatoms. The lowest BCUT2D eigenvalue weighted by atomic mass is 10.2. The van der Waals surface area contributed by atoms with E-state index in [1.807, 2.05) is 0 Å². The Hall–Kier alpha value is -0.720. The van der Waals surface area contributed by atoms with Crippen molar-refractivity contribution in [1.29, 1.82) is 0 Å². The van der Waals surface area contributed by atoms with Crippen LogP contribution in [0.15, 0.2) is 12.3 Å². The molecule has 1 aliphatic rings. The minimum absolute atomic E-state index is 0. The quantitative estimate of drug-likeness (QED) is 0.867. The number of hydrogen-bond donors (Lipinski definition) is 1. The van der Waals surface area contributed by atoms with Crippen LogP contribution >= 0.6 is 24.0 Å². The number of hydrogen-bond acceptors (Lipinski definition) is 3. The smallest absolute Gasteiger partial charge is 0.354 e. The third-order valence-electron chi connectivity index (χ3n) is 2.67. The van der Waals surface area contributed by atoms with Crippen LogP contribution in [0.5, 0.6) is 0 Å². The Balaban J connectivity index is 0.00000162. The Morgan fingerprint density at radius 1 is 1.44 bits per heavy atom. The van der Waals surface area contributed by atoms with Crippen LogP contribution in [0.25, 0.3) is 0 Å². The van der Waals surface area contributed by atoms with E-state index in [4.69, 9.17) is 17.3 Å². The van der Waals surface area contributed by atoms with Crippen LogP contribution in [-0.2, 0) is 6.18 Å². The number of anilines is 1. The molecule has 2 heterocycles. The van der Waals surface area contributed by atoms with Crippen LogP contribution in [0.2, 0.25) is 5.02 Å². The van der Waals surface area contributed by atoms with Gasteiger partial charge in [-0.25, -0.2) is 4.98 Å². The van der Waals surface area contributed by atoms with Gasteiger partial charge >= 0.3 is 6.18 Å². The second-order valence-electron chi connectivity index (χ2n) is 4.02. The highest BCUT2D eigenvalue weighted by atomic mass is 35.5.